The molecule has 0 aliphatic carbocycles. The summed E-state index contributed by atoms with van der Waals surface area (Å²) in [4.78, 5) is 0. The van der Waals surface area contributed by atoms with Gasteiger partial charge in [-0.15, -0.1) is 0 Å². The number of hydrogen-bond donors (Lipinski definition) is 1. The third kappa shape index (κ3) is 1.64. The van der Waals surface area contributed by atoms with Crippen molar-refractivity contribution in [1.82, 2.24) is 5.32 Å². The van der Waals surface area contributed by atoms with Crippen LogP contribution in [-0.4, -0.2) is 5.54 Å². The number of fused-ring (bicyclic) bond motifs is 1. The quantitative estimate of drug-likeness (QED) is 0.697. The predicted octanol–water partition coefficient (Wildman–Crippen LogP) is 2.35. The molecule has 1 N–H and O–H groups in total. The predicted molar refractivity (Wildman–Crippen MR) is 60.3 cm³/mol. The highest BCUT2D eigenvalue weighted by Gasteiger charge is 2.39. The topological polar surface area (TPSA) is 35.8 Å². The van der Waals surface area contributed by atoms with Crippen molar-refractivity contribution >= 4 is 0 Å². The van der Waals surface area contributed by atoms with Crippen molar-refractivity contribution < 1.29 is 0 Å². The Kier molecular flexibility index (Phi) is 2.09. The fraction of sp³-hybridized carbons (Fsp3) is 0.462. The standard InChI is InChI=1S/C13H16N2/c1-12(2)8-10-6-4-5-7-11(10)13(3,9-14)15-12/h4-7,15H,8H2,1-3H3. The molecular weight excluding hydrogens is 184 g/mol. The van der Waals surface area contributed by atoms with E-state index in [1.165, 1.54) is 5.56 Å². The van der Waals surface area contributed by atoms with Gasteiger partial charge in [0.05, 0.1) is 6.07 Å². The van der Waals surface area contributed by atoms with Crippen LogP contribution in [0.25, 0.3) is 0 Å². The largest absolute Gasteiger partial charge is 0.291 e. The van der Waals surface area contributed by atoms with Crippen LogP contribution in [0.2, 0.25) is 0 Å². The maximum atomic E-state index is 9.32. The average Bonchev–Trinajstić information content (AvgIpc) is 2.16. The molecule has 0 fully saturated rings. The molecule has 1 aliphatic rings. The highest BCUT2D eigenvalue weighted by Crippen LogP contribution is 2.33. The third-order valence-electron chi connectivity index (χ3n) is 3.00. The van der Waals surface area contributed by atoms with Crippen molar-refractivity contribution in [2.75, 3.05) is 0 Å². The Hall–Kier alpha value is -1.33. The Morgan fingerprint density at radius 2 is 1.93 bits per heavy atom. The lowest BCUT2D eigenvalue weighted by atomic mass is 9.77. The first-order valence-electron chi connectivity index (χ1n) is 5.26. The molecule has 15 heavy (non-hydrogen) atoms. The smallest absolute Gasteiger partial charge is 0.130 e. The SMILES string of the molecule is CC1(C)Cc2ccccc2C(C)(C#N)N1. The van der Waals surface area contributed by atoms with E-state index >= 15 is 0 Å². The second kappa shape index (κ2) is 3.08. The molecule has 2 rings (SSSR count). The normalized spacial score (nSPS) is 27.9. The Balaban J connectivity index is 2.59. The molecule has 0 radical (unpaired) electrons. The van der Waals surface area contributed by atoms with E-state index < -0.39 is 5.54 Å². The van der Waals surface area contributed by atoms with Gasteiger partial charge in [0.1, 0.15) is 5.54 Å². The van der Waals surface area contributed by atoms with Crippen LogP contribution < -0.4 is 5.32 Å². The molecule has 1 atom stereocenters. The third-order valence-corrected chi connectivity index (χ3v) is 3.00. The number of hydrogen-bond acceptors (Lipinski definition) is 2. The molecule has 0 aromatic heterocycles. The van der Waals surface area contributed by atoms with Crippen LogP contribution in [-0.2, 0) is 12.0 Å². The van der Waals surface area contributed by atoms with E-state index in [1.807, 2.05) is 25.1 Å². The zero-order chi connectivity index (χ0) is 11.1. The van der Waals surface area contributed by atoms with E-state index in [1.54, 1.807) is 0 Å². The number of nitriles is 1. The Labute approximate surface area is 90.9 Å². The van der Waals surface area contributed by atoms with E-state index in [4.69, 9.17) is 0 Å². The van der Waals surface area contributed by atoms with Crippen molar-refractivity contribution in [2.45, 2.75) is 38.3 Å². The van der Waals surface area contributed by atoms with Gasteiger partial charge in [0.15, 0.2) is 0 Å². The molecule has 1 heterocycles. The second-order valence-electron chi connectivity index (χ2n) is 5.08. The molecule has 78 valence electrons. The van der Waals surface area contributed by atoms with Gasteiger partial charge in [0.25, 0.3) is 0 Å². The van der Waals surface area contributed by atoms with Crippen molar-refractivity contribution in [2.24, 2.45) is 0 Å². The molecule has 1 aromatic carbocycles. The minimum atomic E-state index is -0.557. The summed E-state index contributed by atoms with van der Waals surface area (Å²) < 4.78 is 0. The second-order valence-corrected chi connectivity index (χ2v) is 5.08. The minimum absolute atomic E-state index is 0.0150. The van der Waals surface area contributed by atoms with E-state index in [9.17, 15) is 5.26 Å². The summed E-state index contributed by atoms with van der Waals surface area (Å²) >= 11 is 0. The van der Waals surface area contributed by atoms with Crippen LogP contribution in [0.5, 0.6) is 0 Å². The first kappa shape index (κ1) is 10.2. The van der Waals surface area contributed by atoms with Gasteiger partial charge in [-0.25, -0.2) is 0 Å². The van der Waals surface area contributed by atoms with E-state index in [2.05, 4.69) is 31.3 Å². The fourth-order valence-corrected chi connectivity index (χ4v) is 2.51. The zero-order valence-electron chi connectivity index (χ0n) is 9.46. The number of benzene rings is 1. The lowest BCUT2D eigenvalue weighted by Crippen LogP contribution is -2.56. The summed E-state index contributed by atoms with van der Waals surface area (Å²) in [6.07, 6.45) is 0.973. The number of nitrogens with one attached hydrogen (secondary N) is 1. The average molecular weight is 200 g/mol. The van der Waals surface area contributed by atoms with Gasteiger partial charge in [-0.2, -0.15) is 5.26 Å². The zero-order valence-corrected chi connectivity index (χ0v) is 9.46. The summed E-state index contributed by atoms with van der Waals surface area (Å²) in [7, 11) is 0. The van der Waals surface area contributed by atoms with E-state index in [0.29, 0.717) is 0 Å². The Morgan fingerprint density at radius 1 is 1.27 bits per heavy atom. The van der Waals surface area contributed by atoms with Crippen LogP contribution >= 0.6 is 0 Å². The summed E-state index contributed by atoms with van der Waals surface area (Å²) in [5.41, 5.74) is 1.83. The van der Waals surface area contributed by atoms with Gasteiger partial charge in [0.2, 0.25) is 0 Å². The van der Waals surface area contributed by atoms with Crippen LogP contribution in [0.3, 0.4) is 0 Å². The number of nitrogens with zero attached hydrogens (tertiary/aromatic N) is 1. The lowest BCUT2D eigenvalue weighted by molar-refractivity contribution is 0.273. The van der Waals surface area contributed by atoms with Crippen LogP contribution in [0.4, 0.5) is 0 Å². The minimum Gasteiger partial charge on any atom is -0.291 e. The van der Waals surface area contributed by atoms with Crippen molar-refractivity contribution in [3.63, 3.8) is 0 Å². The molecule has 1 aromatic rings. The van der Waals surface area contributed by atoms with Crippen LogP contribution in [0.1, 0.15) is 31.9 Å². The van der Waals surface area contributed by atoms with E-state index in [-0.39, 0.29) is 5.54 Å². The van der Waals surface area contributed by atoms with Gasteiger partial charge in [-0.05, 0) is 38.3 Å². The van der Waals surface area contributed by atoms with Crippen molar-refractivity contribution in [3.05, 3.63) is 35.4 Å². The van der Waals surface area contributed by atoms with Gasteiger partial charge >= 0.3 is 0 Å². The molecule has 0 amide bonds. The van der Waals surface area contributed by atoms with E-state index in [0.717, 1.165) is 12.0 Å². The maximum Gasteiger partial charge on any atom is 0.130 e. The van der Waals surface area contributed by atoms with Gasteiger partial charge in [-0.3, -0.25) is 5.32 Å². The van der Waals surface area contributed by atoms with Crippen molar-refractivity contribution in [3.8, 4) is 6.07 Å². The van der Waals surface area contributed by atoms with Crippen LogP contribution in [0.15, 0.2) is 24.3 Å². The summed E-state index contributed by atoms with van der Waals surface area (Å²) in [5, 5.41) is 12.7. The summed E-state index contributed by atoms with van der Waals surface area (Å²) in [5.74, 6) is 0. The van der Waals surface area contributed by atoms with Gasteiger partial charge in [0, 0.05) is 5.54 Å². The molecule has 2 heteroatoms. The highest BCUT2D eigenvalue weighted by atomic mass is 15.1. The summed E-state index contributed by atoms with van der Waals surface area (Å²) in [6.45, 7) is 6.23. The van der Waals surface area contributed by atoms with Gasteiger partial charge in [-0.1, -0.05) is 24.3 Å². The summed E-state index contributed by atoms with van der Waals surface area (Å²) in [6, 6.07) is 10.6. The first-order chi connectivity index (χ1) is 6.97. The molecule has 2 nitrogen and oxygen atoms in total. The molecule has 1 unspecified atom stereocenters. The fourth-order valence-electron chi connectivity index (χ4n) is 2.51. The van der Waals surface area contributed by atoms with Crippen LogP contribution in [0, 0.1) is 11.3 Å². The molecule has 0 bridgehead atoms. The maximum absolute atomic E-state index is 9.32. The molecule has 1 aliphatic heterocycles. The first-order valence-corrected chi connectivity index (χ1v) is 5.26. The molecule has 0 saturated heterocycles. The molecule has 0 spiro atoms. The molecule has 0 saturated carbocycles. The highest BCUT2D eigenvalue weighted by molar-refractivity contribution is 5.41. The number of rotatable bonds is 0. The van der Waals surface area contributed by atoms with Crippen molar-refractivity contribution in [1.29, 1.82) is 5.26 Å². The lowest BCUT2D eigenvalue weighted by Gasteiger charge is -2.41. The van der Waals surface area contributed by atoms with Gasteiger partial charge < -0.3 is 0 Å². The Morgan fingerprint density at radius 3 is 2.60 bits per heavy atom. The molecular formula is C13H16N2. The Bertz CT molecular complexity index is 428. The monoisotopic (exact) mass is 200 g/mol.